The quantitative estimate of drug-likeness (QED) is 0.451. The number of ether oxygens (including phenoxy) is 1. The Kier molecular flexibility index (Phi) is 6.46. The van der Waals surface area contributed by atoms with Crippen LogP contribution in [0.3, 0.4) is 0 Å². The van der Waals surface area contributed by atoms with Gasteiger partial charge in [0.2, 0.25) is 17.8 Å². The van der Waals surface area contributed by atoms with Crippen molar-refractivity contribution in [3.05, 3.63) is 34.2 Å². The van der Waals surface area contributed by atoms with Crippen LogP contribution in [0.25, 0.3) is 11.2 Å². The van der Waals surface area contributed by atoms with Crippen molar-refractivity contribution in [3.63, 3.8) is 0 Å². The second-order valence-electron chi connectivity index (χ2n) is 8.69. The zero-order valence-corrected chi connectivity index (χ0v) is 19.7. The maximum Gasteiger partial charge on any atom is 0.225 e. The number of carbonyl (C=O) groups is 1. The summed E-state index contributed by atoms with van der Waals surface area (Å²) in [5, 5.41) is 6.67. The van der Waals surface area contributed by atoms with Crippen LogP contribution in [0.15, 0.2) is 18.3 Å². The molecule has 1 aromatic carbocycles. The molecule has 1 aliphatic heterocycles. The van der Waals surface area contributed by atoms with Crippen LogP contribution in [-0.2, 0) is 9.53 Å². The Balaban J connectivity index is 1.54. The first-order valence-corrected chi connectivity index (χ1v) is 11.9. The van der Waals surface area contributed by atoms with Gasteiger partial charge in [-0.25, -0.2) is 14.4 Å². The Morgan fingerprint density at radius 2 is 1.97 bits per heavy atom. The average molecular weight is 508 g/mol. The normalized spacial score (nSPS) is 22.7. The molecule has 2 aromatic heterocycles. The second kappa shape index (κ2) is 9.52. The first-order chi connectivity index (χ1) is 16.4. The summed E-state index contributed by atoms with van der Waals surface area (Å²) in [5.74, 6) is -0.175. The second-order valence-corrected chi connectivity index (χ2v) is 9.53. The van der Waals surface area contributed by atoms with Gasteiger partial charge in [-0.3, -0.25) is 9.36 Å². The number of benzene rings is 1. The van der Waals surface area contributed by atoms with Crippen molar-refractivity contribution in [2.45, 2.75) is 44.2 Å². The van der Waals surface area contributed by atoms with Crippen molar-refractivity contribution in [2.75, 3.05) is 23.8 Å². The number of rotatable bonds is 6. The molecule has 1 aliphatic carbocycles. The SMILES string of the molecule is NC(=O)[C@H]1CC[C@@H](n2c(Nc3c(F)cc(Cl)cc3Cl)nc3cnc(N[C@@H]4CCOC4)nc32)CC1. The lowest BCUT2D eigenvalue weighted by Crippen LogP contribution is -2.29. The highest BCUT2D eigenvalue weighted by molar-refractivity contribution is 6.36. The summed E-state index contributed by atoms with van der Waals surface area (Å²) >= 11 is 12.2. The minimum atomic E-state index is -0.594. The van der Waals surface area contributed by atoms with Gasteiger partial charge in [-0.05, 0) is 44.2 Å². The van der Waals surface area contributed by atoms with Gasteiger partial charge >= 0.3 is 0 Å². The summed E-state index contributed by atoms with van der Waals surface area (Å²) in [7, 11) is 0. The van der Waals surface area contributed by atoms with Gasteiger partial charge in [0.1, 0.15) is 11.3 Å². The fourth-order valence-electron chi connectivity index (χ4n) is 4.62. The van der Waals surface area contributed by atoms with E-state index in [2.05, 4.69) is 20.6 Å². The summed E-state index contributed by atoms with van der Waals surface area (Å²) in [6.45, 7) is 1.29. The van der Waals surface area contributed by atoms with E-state index < -0.39 is 5.82 Å². The number of imidazole rings is 1. The molecule has 5 rings (SSSR count). The standard InChI is InChI=1S/C22H24Cl2FN7O2/c23-12-7-15(24)18(16(25)8-12)30-22-29-17-9-27-21(28-13-5-6-34-10-13)31-20(17)32(22)14-3-1-11(2-4-14)19(26)33/h7-9,11,13-14H,1-6,10H2,(H2,26,33)(H,29,30)(H,27,28,31)/t11-,13-,14+/m1/s1. The number of halogens is 3. The fourth-order valence-corrected chi connectivity index (χ4v) is 5.13. The van der Waals surface area contributed by atoms with Crippen LogP contribution in [0.1, 0.15) is 38.1 Å². The highest BCUT2D eigenvalue weighted by Gasteiger charge is 2.30. The molecule has 2 aliphatic rings. The van der Waals surface area contributed by atoms with Gasteiger partial charge < -0.3 is 21.1 Å². The van der Waals surface area contributed by atoms with Crippen LogP contribution in [-0.4, -0.2) is 44.7 Å². The topological polar surface area (TPSA) is 120 Å². The van der Waals surface area contributed by atoms with Crippen LogP contribution >= 0.6 is 23.2 Å². The number of hydrogen-bond donors (Lipinski definition) is 3. The lowest BCUT2D eigenvalue weighted by atomic mass is 9.85. The summed E-state index contributed by atoms with van der Waals surface area (Å²) in [6.07, 6.45) is 5.23. The molecule has 0 unspecified atom stereocenters. The molecule has 1 saturated heterocycles. The maximum atomic E-state index is 14.7. The van der Waals surface area contributed by atoms with Crippen molar-refractivity contribution in [3.8, 4) is 0 Å². The van der Waals surface area contributed by atoms with Crippen molar-refractivity contribution < 1.29 is 13.9 Å². The van der Waals surface area contributed by atoms with Crippen LogP contribution in [0.4, 0.5) is 22.0 Å². The Morgan fingerprint density at radius 1 is 1.18 bits per heavy atom. The Morgan fingerprint density at radius 3 is 2.65 bits per heavy atom. The molecule has 3 aromatic rings. The lowest BCUT2D eigenvalue weighted by Gasteiger charge is -2.29. The molecule has 12 heteroatoms. The number of nitrogens with one attached hydrogen (secondary N) is 2. The largest absolute Gasteiger partial charge is 0.379 e. The maximum absolute atomic E-state index is 14.7. The highest BCUT2D eigenvalue weighted by atomic mass is 35.5. The van der Waals surface area contributed by atoms with Gasteiger partial charge in [0.05, 0.1) is 29.6 Å². The highest BCUT2D eigenvalue weighted by Crippen LogP contribution is 2.38. The van der Waals surface area contributed by atoms with Gasteiger partial charge in [0.15, 0.2) is 5.65 Å². The van der Waals surface area contributed by atoms with E-state index in [4.69, 9.17) is 38.7 Å². The molecule has 1 saturated carbocycles. The average Bonchev–Trinajstić information content (AvgIpc) is 3.43. The third kappa shape index (κ3) is 4.62. The molecule has 1 atom stereocenters. The van der Waals surface area contributed by atoms with Crippen LogP contribution in [0.2, 0.25) is 10.0 Å². The van der Waals surface area contributed by atoms with Gasteiger partial charge in [-0.1, -0.05) is 23.2 Å². The minimum Gasteiger partial charge on any atom is -0.379 e. The van der Waals surface area contributed by atoms with Gasteiger partial charge in [0, 0.05) is 23.6 Å². The summed E-state index contributed by atoms with van der Waals surface area (Å²) in [6, 6.07) is 2.77. The molecular formula is C22H24Cl2FN7O2. The molecule has 0 radical (unpaired) electrons. The van der Waals surface area contributed by atoms with Crippen LogP contribution in [0.5, 0.6) is 0 Å². The predicted molar refractivity (Wildman–Crippen MR) is 128 cm³/mol. The molecule has 4 N–H and O–H groups in total. The molecule has 34 heavy (non-hydrogen) atoms. The Bertz CT molecular complexity index is 1200. The first-order valence-electron chi connectivity index (χ1n) is 11.2. The number of primary amides is 1. The minimum absolute atomic E-state index is 0.0187. The number of nitrogens with zero attached hydrogens (tertiary/aromatic N) is 4. The Hall–Kier alpha value is -2.69. The molecule has 180 valence electrons. The lowest BCUT2D eigenvalue weighted by molar-refractivity contribution is -0.122. The third-order valence-electron chi connectivity index (χ3n) is 6.40. The van der Waals surface area contributed by atoms with E-state index in [1.807, 2.05) is 4.57 Å². The number of hydrogen-bond acceptors (Lipinski definition) is 7. The van der Waals surface area contributed by atoms with Crippen molar-refractivity contribution in [1.29, 1.82) is 0 Å². The third-order valence-corrected chi connectivity index (χ3v) is 6.92. The number of carbonyl (C=O) groups excluding carboxylic acids is 1. The van der Waals surface area contributed by atoms with E-state index in [0.29, 0.717) is 62.0 Å². The van der Waals surface area contributed by atoms with Crippen molar-refractivity contribution in [2.24, 2.45) is 11.7 Å². The van der Waals surface area contributed by atoms with E-state index in [9.17, 15) is 9.18 Å². The molecule has 9 nitrogen and oxygen atoms in total. The number of anilines is 3. The predicted octanol–water partition coefficient (Wildman–Crippen LogP) is 4.43. The van der Waals surface area contributed by atoms with E-state index in [1.54, 1.807) is 6.20 Å². The van der Waals surface area contributed by atoms with Gasteiger partial charge in [-0.2, -0.15) is 4.98 Å². The van der Waals surface area contributed by atoms with Gasteiger partial charge in [-0.15, -0.1) is 0 Å². The molecule has 0 spiro atoms. The van der Waals surface area contributed by atoms with Crippen LogP contribution < -0.4 is 16.4 Å². The summed E-state index contributed by atoms with van der Waals surface area (Å²) < 4.78 is 22.1. The summed E-state index contributed by atoms with van der Waals surface area (Å²) in [5.41, 5.74) is 6.75. The number of nitrogens with two attached hydrogens (primary N) is 1. The number of aromatic nitrogens is 4. The van der Waals surface area contributed by atoms with E-state index in [-0.39, 0.29) is 39.6 Å². The first kappa shape index (κ1) is 23.1. The smallest absolute Gasteiger partial charge is 0.225 e. The zero-order valence-electron chi connectivity index (χ0n) is 18.2. The molecule has 2 fully saturated rings. The van der Waals surface area contributed by atoms with E-state index >= 15 is 0 Å². The summed E-state index contributed by atoms with van der Waals surface area (Å²) in [4.78, 5) is 25.4. The molecule has 3 heterocycles. The zero-order chi connectivity index (χ0) is 23.8. The molecular weight excluding hydrogens is 484 g/mol. The van der Waals surface area contributed by atoms with Gasteiger partial charge in [0.25, 0.3) is 0 Å². The monoisotopic (exact) mass is 507 g/mol. The molecule has 1 amide bonds. The molecule has 0 bridgehead atoms. The van der Waals surface area contributed by atoms with E-state index in [0.717, 1.165) is 6.42 Å². The van der Waals surface area contributed by atoms with Crippen molar-refractivity contribution in [1.82, 2.24) is 19.5 Å². The fraction of sp³-hybridized carbons (Fsp3) is 0.455. The van der Waals surface area contributed by atoms with E-state index in [1.165, 1.54) is 12.1 Å². The number of fused-ring (bicyclic) bond motifs is 1. The van der Waals surface area contributed by atoms with Crippen molar-refractivity contribution >= 4 is 57.9 Å². The Labute approximate surface area is 205 Å². The van der Waals surface area contributed by atoms with Crippen LogP contribution in [0, 0.1) is 11.7 Å². The number of amides is 1.